The van der Waals surface area contributed by atoms with Crippen molar-refractivity contribution >= 4 is 11.8 Å². The summed E-state index contributed by atoms with van der Waals surface area (Å²) < 4.78 is 10.3. The van der Waals surface area contributed by atoms with E-state index in [0.29, 0.717) is 17.2 Å². The van der Waals surface area contributed by atoms with Crippen molar-refractivity contribution in [2.75, 3.05) is 14.2 Å². The Morgan fingerprint density at radius 2 is 1.52 bits per heavy atom. The van der Waals surface area contributed by atoms with Gasteiger partial charge in [0, 0.05) is 17.2 Å². The van der Waals surface area contributed by atoms with E-state index in [9.17, 15) is 9.59 Å². The van der Waals surface area contributed by atoms with Gasteiger partial charge >= 0.3 is 0 Å². The molecule has 0 fully saturated rings. The lowest BCUT2D eigenvalue weighted by Gasteiger charge is -2.09. The van der Waals surface area contributed by atoms with Crippen LogP contribution in [0.2, 0.25) is 0 Å². The van der Waals surface area contributed by atoms with Crippen LogP contribution in [-0.2, 0) is 0 Å². The second-order valence-electron chi connectivity index (χ2n) is 5.54. The molecule has 3 N–H and O–H groups in total. The molecule has 0 aliphatic rings. The number of rotatable bonds is 5. The Bertz CT molecular complexity index is 931. The number of hydrogen-bond donors (Lipinski definition) is 3. The van der Waals surface area contributed by atoms with Crippen molar-refractivity contribution in [1.29, 1.82) is 0 Å². The summed E-state index contributed by atoms with van der Waals surface area (Å²) in [5.41, 5.74) is 6.70. The fourth-order valence-corrected chi connectivity index (χ4v) is 2.39. The Balaban J connectivity index is 1.66. The number of hydrazine groups is 1. The van der Waals surface area contributed by atoms with Gasteiger partial charge in [-0.15, -0.1) is 0 Å². The van der Waals surface area contributed by atoms with Gasteiger partial charge in [-0.25, -0.2) is 0 Å². The number of amides is 2. The zero-order chi connectivity index (χ0) is 19.2. The molecule has 2 amide bonds. The number of H-pyrrole nitrogens is 1. The Morgan fingerprint density at radius 1 is 0.889 bits per heavy atom. The maximum absolute atomic E-state index is 12.3. The van der Waals surface area contributed by atoms with Crippen LogP contribution in [0.4, 0.5) is 0 Å². The van der Waals surface area contributed by atoms with Crippen molar-refractivity contribution in [3.8, 4) is 22.8 Å². The number of hydrogen-bond acceptors (Lipinski definition) is 5. The Morgan fingerprint density at radius 3 is 2.15 bits per heavy atom. The highest BCUT2D eigenvalue weighted by atomic mass is 16.5. The minimum absolute atomic E-state index is 0.220. The van der Waals surface area contributed by atoms with Gasteiger partial charge in [0.05, 0.1) is 19.9 Å². The van der Waals surface area contributed by atoms with Gasteiger partial charge in [-0.1, -0.05) is 30.3 Å². The summed E-state index contributed by atoms with van der Waals surface area (Å²) in [5, 5.41) is 6.76. The van der Waals surface area contributed by atoms with E-state index in [1.165, 1.54) is 26.4 Å². The van der Waals surface area contributed by atoms with Gasteiger partial charge in [-0.05, 0) is 18.2 Å². The Labute approximate surface area is 155 Å². The first-order chi connectivity index (χ1) is 13.1. The lowest BCUT2D eigenvalue weighted by atomic mass is 10.1. The second-order valence-corrected chi connectivity index (χ2v) is 5.54. The number of benzene rings is 2. The van der Waals surface area contributed by atoms with Crippen molar-refractivity contribution in [1.82, 2.24) is 21.0 Å². The van der Waals surface area contributed by atoms with E-state index in [1.807, 2.05) is 30.3 Å². The summed E-state index contributed by atoms with van der Waals surface area (Å²) in [5.74, 6) is -0.102. The molecule has 3 aromatic rings. The second kappa shape index (κ2) is 8.05. The van der Waals surface area contributed by atoms with Crippen LogP contribution in [-0.4, -0.2) is 36.2 Å². The minimum Gasteiger partial charge on any atom is -0.497 e. The van der Waals surface area contributed by atoms with Gasteiger partial charge in [0.2, 0.25) is 0 Å². The molecule has 0 aliphatic heterocycles. The molecule has 0 saturated carbocycles. The fourth-order valence-electron chi connectivity index (χ4n) is 2.39. The molecule has 27 heavy (non-hydrogen) atoms. The normalized spacial score (nSPS) is 10.1. The van der Waals surface area contributed by atoms with Gasteiger partial charge in [0.15, 0.2) is 0 Å². The van der Waals surface area contributed by atoms with Crippen LogP contribution in [0.5, 0.6) is 11.5 Å². The Hall–Kier alpha value is -3.81. The third-order valence-electron chi connectivity index (χ3n) is 3.80. The van der Waals surface area contributed by atoms with Crippen molar-refractivity contribution in [2.45, 2.75) is 0 Å². The van der Waals surface area contributed by atoms with Gasteiger partial charge in [0.1, 0.15) is 17.2 Å². The van der Waals surface area contributed by atoms with Crippen LogP contribution < -0.4 is 20.3 Å². The quantitative estimate of drug-likeness (QED) is 0.600. The molecule has 8 nitrogen and oxygen atoms in total. The maximum atomic E-state index is 12.3. The molecule has 3 rings (SSSR count). The highest BCUT2D eigenvalue weighted by molar-refractivity contribution is 5.99. The number of ether oxygens (including phenoxy) is 2. The van der Waals surface area contributed by atoms with Gasteiger partial charge in [-0.2, -0.15) is 5.10 Å². The fraction of sp³-hybridized carbons (Fsp3) is 0.105. The van der Waals surface area contributed by atoms with Gasteiger partial charge in [-0.3, -0.25) is 25.5 Å². The molecular formula is C19H18N4O4. The smallest absolute Gasteiger partial charge is 0.287 e. The first-order valence-corrected chi connectivity index (χ1v) is 8.05. The van der Waals surface area contributed by atoms with Gasteiger partial charge < -0.3 is 9.47 Å². The summed E-state index contributed by atoms with van der Waals surface area (Å²) in [4.78, 5) is 24.5. The first kappa shape index (κ1) is 18.0. The number of nitrogens with one attached hydrogen (secondary N) is 3. The number of nitrogens with zero attached hydrogens (tertiary/aromatic N) is 1. The maximum Gasteiger partial charge on any atom is 0.287 e. The lowest BCUT2D eigenvalue weighted by Crippen LogP contribution is -2.41. The van der Waals surface area contributed by atoms with Crippen molar-refractivity contribution in [3.63, 3.8) is 0 Å². The summed E-state index contributed by atoms with van der Waals surface area (Å²) >= 11 is 0. The average Bonchev–Trinajstić information content (AvgIpc) is 3.22. The lowest BCUT2D eigenvalue weighted by molar-refractivity contribution is 0.0843. The van der Waals surface area contributed by atoms with Crippen LogP contribution in [0.25, 0.3) is 11.3 Å². The van der Waals surface area contributed by atoms with Crippen molar-refractivity contribution in [3.05, 3.63) is 65.9 Å². The van der Waals surface area contributed by atoms with E-state index in [0.717, 1.165) is 5.56 Å². The molecule has 138 valence electrons. The topological polar surface area (TPSA) is 105 Å². The highest BCUT2D eigenvalue weighted by Gasteiger charge is 2.14. The zero-order valence-corrected chi connectivity index (χ0v) is 14.8. The average molecular weight is 366 g/mol. The predicted molar refractivity (Wildman–Crippen MR) is 98.5 cm³/mol. The van der Waals surface area contributed by atoms with E-state index in [2.05, 4.69) is 21.0 Å². The van der Waals surface area contributed by atoms with E-state index in [4.69, 9.17) is 9.47 Å². The van der Waals surface area contributed by atoms with Crippen molar-refractivity contribution in [2.24, 2.45) is 0 Å². The molecule has 8 heteroatoms. The number of aromatic nitrogens is 2. The Kier molecular flexibility index (Phi) is 5.36. The third-order valence-corrected chi connectivity index (χ3v) is 3.80. The molecule has 0 saturated heterocycles. The van der Waals surface area contributed by atoms with Gasteiger partial charge in [0.25, 0.3) is 11.8 Å². The molecule has 1 aromatic heterocycles. The standard InChI is InChI=1S/C19H18N4O4/c1-26-14-8-13(9-15(10-14)27-2)18(24)22-23-19(25)17-11-16(20-21-17)12-6-4-3-5-7-12/h3-11H,1-2H3,(H,20,21)(H,22,24)(H,23,25). The van der Waals surface area contributed by atoms with E-state index < -0.39 is 11.8 Å². The predicted octanol–water partition coefficient (Wildman–Crippen LogP) is 2.17. The molecular weight excluding hydrogens is 348 g/mol. The monoisotopic (exact) mass is 366 g/mol. The number of carbonyl (C=O) groups excluding carboxylic acids is 2. The molecule has 0 spiro atoms. The van der Waals surface area contributed by atoms with Crippen LogP contribution in [0, 0.1) is 0 Å². The number of carbonyl (C=O) groups is 2. The van der Waals surface area contributed by atoms with Crippen LogP contribution in [0.1, 0.15) is 20.8 Å². The van der Waals surface area contributed by atoms with E-state index in [-0.39, 0.29) is 11.3 Å². The first-order valence-electron chi connectivity index (χ1n) is 8.05. The van der Waals surface area contributed by atoms with E-state index in [1.54, 1.807) is 12.1 Å². The van der Waals surface area contributed by atoms with E-state index >= 15 is 0 Å². The molecule has 2 aromatic carbocycles. The zero-order valence-electron chi connectivity index (χ0n) is 14.8. The van der Waals surface area contributed by atoms with Crippen LogP contribution in [0.15, 0.2) is 54.6 Å². The summed E-state index contributed by atoms with van der Waals surface area (Å²) in [6, 6.07) is 15.7. The molecule has 1 heterocycles. The summed E-state index contributed by atoms with van der Waals surface area (Å²) in [7, 11) is 2.97. The molecule has 0 atom stereocenters. The number of aromatic amines is 1. The molecule has 0 radical (unpaired) electrons. The molecule has 0 unspecified atom stereocenters. The summed E-state index contributed by atoms with van der Waals surface area (Å²) in [6.07, 6.45) is 0. The van der Waals surface area contributed by atoms with Crippen LogP contribution >= 0.6 is 0 Å². The highest BCUT2D eigenvalue weighted by Crippen LogP contribution is 2.22. The number of methoxy groups -OCH3 is 2. The molecule has 0 bridgehead atoms. The largest absolute Gasteiger partial charge is 0.497 e. The SMILES string of the molecule is COc1cc(OC)cc(C(=O)NNC(=O)c2cc(-c3ccccc3)n[nH]2)c1. The molecule has 0 aliphatic carbocycles. The summed E-state index contributed by atoms with van der Waals surface area (Å²) in [6.45, 7) is 0. The third kappa shape index (κ3) is 4.24. The van der Waals surface area contributed by atoms with Crippen molar-refractivity contribution < 1.29 is 19.1 Å². The minimum atomic E-state index is -0.520. The van der Waals surface area contributed by atoms with Crippen LogP contribution in [0.3, 0.4) is 0 Å².